The number of benzene rings is 2. The van der Waals surface area contributed by atoms with E-state index in [-0.39, 0.29) is 2.85 Å². The summed E-state index contributed by atoms with van der Waals surface area (Å²) in [5.74, 6) is 0. The summed E-state index contributed by atoms with van der Waals surface area (Å²) in [6, 6.07) is 16.7. The van der Waals surface area contributed by atoms with E-state index >= 15 is 0 Å². The molecule has 0 spiro atoms. The minimum atomic E-state index is 0. The van der Waals surface area contributed by atoms with E-state index in [4.69, 9.17) is 14.4 Å². The van der Waals surface area contributed by atoms with Crippen molar-refractivity contribution in [2.75, 3.05) is 39.3 Å². The van der Waals surface area contributed by atoms with Crippen molar-refractivity contribution in [1.82, 2.24) is 20.9 Å². The maximum Gasteiger partial charge on any atom is 0.150 e. The fraction of sp³-hybridized carbons (Fsp3) is 0.556. The van der Waals surface area contributed by atoms with Crippen molar-refractivity contribution in [1.29, 1.82) is 0 Å². The lowest BCUT2D eigenvalue weighted by Gasteiger charge is -2.15. The van der Waals surface area contributed by atoms with Gasteiger partial charge in [-0.25, -0.2) is 0 Å². The largest absolute Gasteiger partial charge is 0.317 e. The van der Waals surface area contributed by atoms with Crippen molar-refractivity contribution in [2.24, 2.45) is 0 Å². The van der Waals surface area contributed by atoms with Gasteiger partial charge in [0.2, 0.25) is 0 Å². The van der Waals surface area contributed by atoms with Gasteiger partial charge in [-0.3, -0.25) is 9.69 Å². The first-order valence-corrected chi connectivity index (χ1v) is 16.0. The SMILES string of the molecule is C=O.C=O.C=O.CC.CCCNCC.CCCNCc1cccc(C=O)c1.CCCNCc1cccc(CN2CCCC2)c1.[HH].[HH]. The minimum Gasteiger partial charge on any atom is -0.317 e. The Hall–Kier alpha value is -3.04. The smallest absolute Gasteiger partial charge is 0.150 e. The van der Waals surface area contributed by atoms with Crippen LogP contribution in [-0.2, 0) is 34.0 Å². The van der Waals surface area contributed by atoms with Gasteiger partial charge in [0.1, 0.15) is 26.7 Å². The highest BCUT2D eigenvalue weighted by Gasteiger charge is 2.11. The second-order valence-electron chi connectivity index (χ2n) is 9.37. The zero-order chi connectivity index (χ0) is 34.3. The van der Waals surface area contributed by atoms with Gasteiger partial charge in [0.15, 0.2) is 0 Å². The quantitative estimate of drug-likeness (QED) is 0.157. The van der Waals surface area contributed by atoms with Crippen LogP contribution in [0.15, 0.2) is 48.5 Å². The number of nitrogens with zero attached hydrogens (tertiary/aromatic N) is 1. The van der Waals surface area contributed by atoms with Crippen LogP contribution in [0.1, 0.15) is 104 Å². The molecule has 0 aromatic heterocycles. The number of hydrogen-bond acceptors (Lipinski definition) is 8. The van der Waals surface area contributed by atoms with Crippen molar-refractivity contribution in [2.45, 2.75) is 93.3 Å². The van der Waals surface area contributed by atoms with Crippen LogP contribution in [0, 0.1) is 0 Å². The molecule has 256 valence electrons. The number of carbonyl (C=O) groups is 4. The molecule has 3 rings (SSSR count). The van der Waals surface area contributed by atoms with E-state index in [9.17, 15) is 4.79 Å². The molecule has 3 N–H and O–H groups in total. The normalized spacial score (nSPS) is 11.0. The van der Waals surface area contributed by atoms with E-state index in [0.29, 0.717) is 0 Å². The van der Waals surface area contributed by atoms with Gasteiger partial charge >= 0.3 is 0 Å². The zero-order valence-electron chi connectivity index (χ0n) is 28.8. The Morgan fingerprint density at radius 3 is 1.55 bits per heavy atom. The molecule has 0 saturated carbocycles. The molecule has 1 fully saturated rings. The van der Waals surface area contributed by atoms with Crippen LogP contribution in [0.3, 0.4) is 0 Å². The van der Waals surface area contributed by atoms with Crippen LogP contribution in [0.4, 0.5) is 0 Å². The Balaban J connectivity index is -0.000000123. The van der Waals surface area contributed by atoms with Crippen LogP contribution >= 0.6 is 0 Å². The van der Waals surface area contributed by atoms with Gasteiger partial charge in [-0.1, -0.05) is 84.0 Å². The van der Waals surface area contributed by atoms with Crippen molar-refractivity contribution in [3.63, 3.8) is 0 Å². The molecule has 44 heavy (non-hydrogen) atoms. The van der Waals surface area contributed by atoms with E-state index in [0.717, 1.165) is 69.6 Å². The van der Waals surface area contributed by atoms with Crippen LogP contribution in [0.2, 0.25) is 0 Å². The predicted octanol–water partition coefficient (Wildman–Crippen LogP) is 6.75. The van der Waals surface area contributed by atoms with E-state index in [1.165, 1.54) is 49.9 Å². The summed E-state index contributed by atoms with van der Waals surface area (Å²) in [4.78, 5) is 37.0. The molecule has 0 unspecified atom stereocenters. The summed E-state index contributed by atoms with van der Waals surface area (Å²) in [6.45, 7) is 28.5. The lowest BCUT2D eigenvalue weighted by Crippen LogP contribution is -2.19. The molecule has 0 radical (unpaired) electrons. The Labute approximate surface area is 272 Å². The Morgan fingerprint density at radius 1 is 0.682 bits per heavy atom. The summed E-state index contributed by atoms with van der Waals surface area (Å²) in [7, 11) is 0. The molecule has 0 bridgehead atoms. The summed E-state index contributed by atoms with van der Waals surface area (Å²) < 4.78 is 0. The molecule has 8 nitrogen and oxygen atoms in total. The number of rotatable bonds is 14. The monoisotopic (exact) mass is 621 g/mol. The molecule has 0 atom stereocenters. The molecule has 0 aliphatic carbocycles. The average molecular weight is 621 g/mol. The first-order chi connectivity index (χ1) is 21.7. The second kappa shape index (κ2) is 42.1. The lowest BCUT2D eigenvalue weighted by atomic mass is 10.1. The van der Waals surface area contributed by atoms with Crippen LogP contribution in [0.5, 0.6) is 0 Å². The third kappa shape index (κ3) is 30.4. The molecule has 0 amide bonds. The van der Waals surface area contributed by atoms with Crippen LogP contribution in [-0.4, -0.2) is 70.8 Å². The van der Waals surface area contributed by atoms with E-state index in [1.54, 1.807) is 0 Å². The number of likely N-dealkylation sites (tertiary alicyclic amines) is 1. The Morgan fingerprint density at radius 2 is 1.11 bits per heavy atom. The van der Waals surface area contributed by atoms with Crippen molar-refractivity contribution < 1.29 is 22.0 Å². The minimum absolute atomic E-state index is 0. The van der Waals surface area contributed by atoms with Crippen molar-refractivity contribution >= 4 is 26.7 Å². The standard InChI is InChI=1S/C15H24N2.C11H15NO.C5H13N.C2H6.3CH2O.2H2/c1-2-8-16-12-14-6-5-7-15(11-14)13-17-9-3-4-10-17;1-2-6-12-8-10-4-3-5-11(7-10)9-13;1-3-5-6-4-2;4*1-2;;/h5-7,11,16H,2-4,8-10,12-13H2,1H3;3-5,7,9,12H,2,6,8H2,1H3;6H,3-5H2,1-2H3;1-2H3;3*1H2;2*1H. The van der Waals surface area contributed by atoms with Gasteiger partial charge in [-0.05, 0) is 94.1 Å². The van der Waals surface area contributed by atoms with Crippen LogP contribution in [0.25, 0.3) is 0 Å². The molecular formula is C36H68N4O4. The fourth-order valence-corrected chi connectivity index (χ4v) is 3.99. The highest BCUT2D eigenvalue weighted by Crippen LogP contribution is 2.13. The maximum atomic E-state index is 10.5. The van der Waals surface area contributed by atoms with Gasteiger partial charge in [0, 0.05) is 28.1 Å². The molecule has 1 aliphatic rings. The lowest BCUT2D eigenvalue weighted by molar-refractivity contribution is -0.0987. The third-order valence-electron chi connectivity index (χ3n) is 5.87. The Kier molecular flexibility index (Phi) is 45.8. The molecule has 1 aliphatic heterocycles. The Bertz CT molecular complexity index is 852. The highest BCUT2D eigenvalue weighted by atomic mass is 16.1. The average Bonchev–Trinajstić information content (AvgIpc) is 3.62. The van der Waals surface area contributed by atoms with E-state index in [1.807, 2.05) is 58.5 Å². The van der Waals surface area contributed by atoms with Crippen molar-refractivity contribution in [3.8, 4) is 0 Å². The third-order valence-corrected chi connectivity index (χ3v) is 5.87. The molecule has 2 aromatic carbocycles. The van der Waals surface area contributed by atoms with Crippen LogP contribution < -0.4 is 16.0 Å². The first-order valence-electron chi connectivity index (χ1n) is 16.0. The summed E-state index contributed by atoms with van der Waals surface area (Å²) in [5, 5.41) is 9.94. The number of hydrogen-bond donors (Lipinski definition) is 3. The summed E-state index contributed by atoms with van der Waals surface area (Å²) in [5.41, 5.74) is 4.78. The second-order valence-corrected chi connectivity index (χ2v) is 9.37. The highest BCUT2D eigenvalue weighted by molar-refractivity contribution is 5.74. The summed E-state index contributed by atoms with van der Waals surface area (Å²) >= 11 is 0. The number of aldehydes is 1. The van der Waals surface area contributed by atoms with Crippen molar-refractivity contribution in [3.05, 3.63) is 70.8 Å². The maximum absolute atomic E-state index is 10.5. The molecular weight excluding hydrogens is 552 g/mol. The zero-order valence-corrected chi connectivity index (χ0v) is 28.8. The van der Waals surface area contributed by atoms with E-state index in [2.05, 4.69) is 72.8 Å². The molecule has 2 aromatic rings. The van der Waals surface area contributed by atoms with E-state index < -0.39 is 0 Å². The summed E-state index contributed by atoms with van der Waals surface area (Å²) in [6.07, 6.45) is 7.20. The first kappa shape index (κ1) is 47.9. The fourth-order valence-electron chi connectivity index (χ4n) is 3.99. The molecule has 1 saturated heterocycles. The van der Waals surface area contributed by atoms with Gasteiger partial charge in [0.25, 0.3) is 0 Å². The van der Waals surface area contributed by atoms with Gasteiger partial charge in [-0.2, -0.15) is 0 Å². The van der Waals surface area contributed by atoms with Gasteiger partial charge < -0.3 is 30.3 Å². The predicted molar refractivity (Wildman–Crippen MR) is 193 cm³/mol. The number of carbonyl (C=O) groups excluding carboxylic acids is 4. The molecule has 1 heterocycles. The number of nitrogens with one attached hydrogen (secondary N) is 3. The molecule has 8 heteroatoms. The van der Waals surface area contributed by atoms with Gasteiger partial charge in [-0.15, -0.1) is 0 Å². The van der Waals surface area contributed by atoms with Gasteiger partial charge in [0.05, 0.1) is 0 Å². The topological polar surface area (TPSA) is 108 Å².